The molecule has 0 aromatic carbocycles. The molecule has 0 amide bonds. The monoisotopic (exact) mass is 85.0 g/mol. The van der Waals surface area contributed by atoms with Crippen LogP contribution in [0.1, 0.15) is 0 Å². The van der Waals surface area contributed by atoms with Gasteiger partial charge in [-0.1, -0.05) is 0 Å². The van der Waals surface area contributed by atoms with E-state index in [1.165, 1.54) is 0 Å². The van der Waals surface area contributed by atoms with Crippen LogP contribution in [0.4, 0.5) is 0 Å². The molecular weight excluding hydrogens is 83.0 g/mol. The molecule has 3 nitrogen and oxygen atoms in total. The Kier molecular flexibility index (Phi) is 16.0. The molecule has 5 heavy (non-hydrogen) atoms. The average Bonchev–Trinajstić information content (AvgIpc) is 1.37. The zero-order valence-corrected chi connectivity index (χ0v) is 4.84. The summed E-state index contributed by atoms with van der Waals surface area (Å²) in [5.74, 6) is 0. The van der Waals surface area contributed by atoms with Gasteiger partial charge in [0, 0.05) is 29.6 Å². The van der Waals surface area contributed by atoms with Gasteiger partial charge in [-0.3, -0.25) is 4.79 Å². The van der Waals surface area contributed by atoms with Crippen LogP contribution in [-0.2, 0) is 9.68 Å². The molecule has 0 atom stereocenters. The Hall–Kier alpha value is 0.430. The number of rotatable bonds is 1. The van der Waals surface area contributed by atoms with Gasteiger partial charge in [0.2, 0.25) is 0 Å². The van der Waals surface area contributed by atoms with E-state index in [0.29, 0.717) is 0 Å². The summed E-state index contributed by atoms with van der Waals surface area (Å²) in [6.45, 7) is -0.0694. The normalized spacial score (nSPS) is 4.20. The fourth-order valence-corrected chi connectivity index (χ4v) is 0. The van der Waals surface area contributed by atoms with Crippen LogP contribution in [0.5, 0.6) is 0 Å². The molecule has 0 aromatic heterocycles. The van der Waals surface area contributed by atoms with Gasteiger partial charge in [0.15, 0.2) is 0 Å². The molecule has 4 heteroatoms. The number of carbonyl (C=O) groups is 1. The largest absolute Gasteiger partial charge is 0.330 e. The Balaban J connectivity index is 0. The second-order valence-corrected chi connectivity index (χ2v) is 0.202. The Morgan fingerprint density at radius 3 is 2.00 bits per heavy atom. The maximum atomic E-state index is 8.70. The molecule has 0 aromatic rings. The molecule has 0 fully saturated rings. The Morgan fingerprint density at radius 1 is 1.80 bits per heavy atom. The third-order valence-corrected chi connectivity index (χ3v) is 0.0430. The molecule has 25 valence electrons. The van der Waals surface area contributed by atoms with E-state index in [1.54, 1.807) is 0 Å². The third-order valence-electron chi connectivity index (χ3n) is 0.0430. The molecule has 0 unspecified atom stereocenters. The summed E-state index contributed by atoms with van der Waals surface area (Å²) in [7, 11) is 0. The van der Waals surface area contributed by atoms with Gasteiger partial charge < -0.3 is 4.89 Å². The van der Waals surface area contributed by atoms with Crippen molar-refractivity contribution in [1.29, 1.82) is 0 Å². The zero-order chi connectivity index (χ0) is 3.41. The van der Waals surface area contributed by atoms with E-state index in [-0.39, 0.29) is 36.0 Å². The van der Waals surface area contributed by atoms with Crippen molar-refractivity contribution in [1.82, 2.24) is 0 Å². The second-order valence-electron chi connectivity index (χ2n) is 0.202. The number of hydrogen-bond donors (Lipinski definition) is 1. The molecule has 0 heterocycles. The molecule has 0 bridgehead atoms. The van der Waals surface area contributed by atoms with E-state index < -0.39 is 0 Å². The van der Waals surface area contributed by atoms with Gasteiger partial charge in [-0.25, -0.2) is 5.26 Å². The molecule has 0 aliphatic carbocycles. The van der Waals surface area contributed by atoms with Crippen LogP contribution in [0.3, 0.4) is 0 Å². The van der Waals surface area contributed by atoms with E-state index >= 15 is 0 Å². The van der Waals surface area contributed by atoms with Crippen LogP contribution < -0.4 is 0 Å². The minimum atomic E-state index is -0.0694. The molecule has 0 spiro atoms. The minimum absolute atomic E-state index is 0. The van der Waals surface area contributed by atoms with E-state index in [0.717, 1.165) is 0 Å². The molecular formula is CH2NaO3. The molecule has 0 aliphatic heterocycles. The summed E-state index contributed by atoms with van der Waals surface area (Å²) >= 11 is 0. The van der Waals surface area contributed by atoms with Gasteiger partial charge in [-0.2, -0.15) is 0 Å². The van der Waals surface area contributed by atoms with Gasteiger partial charge in [-0.15, -0.1) is 0 Å². The topological polar surface area (TPSA) is 46.5 Å². The first-order valence-corrected chi connectivity index (χ1v) is 0.654. The smallest absolute Gasteiger partial charge is 0.304 e. The van der Waals surface area contributed by atoms with Crippen LogP contribution in [0, 0.1) is 0 Å². The Labute approximate surface area is 51.2 Å². The van der Waals surface area contributed by atoms with Crippen LogP contribution in [0.25, 0.3) is 0 Å². The molecule has 1 N–H and O–H groups in total. The predicted molar refractivity (Wildman–Crippen MR) is 15.5 cm³/mol. The van der Waals surface area contributed by atoms with Crippen LogP contribution in [-0.4, -0.2) is 41.3 Å². The number of hydrogen-bond acceptors (Lipinski definition) is 3. The second kappa shape index (κ2) is 8.83. The summed E-state index contributed by atoms with van der Waals surface area (Å²) in [5, 5.41) is 7.01. The van der Waals surface area contributed by atoms with E-state index in [1.807, 2.05) is 0 Å². The fourth-order valence-electron chi connectivity index (χ4n) is 0. The summed E-state index contributed by atoms with van der Waals surface area (Å²) in [4.78, 5) is 11.6. The summed E-state index contributed by atoms with van der Waals surface area (Å²) in [6.07, 6.45) is 0. The Bertz CT molecular complexity index is 20.9. The SMILES string of the molecule is O=COO.[Na]. The fraction of sp³-hybridized carbons (Fsp3) is 0. The molecule has 0 saturated heterocycles. The third kappa shape index (κ3) is 12.8. The average molecular weight is 85.0 g/mol. The quantitative estimate of drug-likeness (QED) is 0.197. The standard InChI is InChI=1S/CH2O3.Na/c2-1-4-3;/h1,3H;. The van der Waals surface area contributed by atoms with Crippen molar-refractivity contribution in [3.63, 3.8) is 0 Å². The van der Waals surface area contributed by atoms with Crippen molar-refractivity contribution in [2.45, 2.75) is 0 Å². The summed E-state index contributed by atoms with van der Waals surface area (Å²) in [5.41, 5.74) is 0. The van der Waals surface area contributed by atoms with Crippen molar-refractivity contribution in [3.05, 3.63) is 0 Å². The van der Waals surface area contributed by atoms with Crippen LogP contribution in [0.15, 0.2) is 0 Å². The van der Waals surface area contributed by atoms with Gasteiger partial charge >= 0.3 is 6.47 Å². The van der Waals surface area contributed by atoms with Crippen molar-refractivity contribution in [2.75, 3.05) is 0 Å². The van der Waals surface area contributed by atoms with Gasteiger partial charge in [0.25, 0.3) is 0 Å². The van der Waals surface area contributed by atoms with Gasteiger partial charge in [0.1, 0.15) is 0 Å². The molecule has 0 rings (SSSR count). The molecule has 0 saturated carbocycles. The first-order valence-electron chi connectivity index (χ1n) is 0.654. The predicted octanol–water partition coefficient (Wildman–Crippen LogP) is -0.748. The van der Waals surface area contributed by atoms with Crippen molar-refractivity contribution < 1.29 is 14.9 Å². The summed E-state index contributed by atoms with van der Waals surface area (Å²) < 4.78 is 0. The summed E-state index contributed by atoms with van der Waals surface area (Å²) in [6, 6.07) is 0. The molecule has 1 radical (unpaired) electrons. The maximum Gasteiger partial charge on any atom is 0.330 e. The van der Waals surface area contributed by atoms with Crippen molar-refractivity contribution in [2.24, 2.45) is 0 Å². The van der Waals surface area contributed by atoms with Crippen molar-refractivity contribution in [3.8, 4) is 0 Å². The van der Waals surface area contributed by atoms with Crippen LogP contribution >= 0.6 is 0 Å². The maximum absolute atomic E-state index is 8.70. The zero-order valence-electron chi connectivity index (χ0n) is 2.84. The molecule has 0 aliphatic rings. The minimum Gasteiger partial charge on any atom is -0.304 e. The van der Waals surface area contributed by atoms with E-state index in [4.69, 9.17) is 10.1 Å². The first kappa shape index (κ1) is 9.06. The number of carbonyl (C=O) groups excluding carboxylic acids is 1. The van der Waals surface area contributed by atoms with E-state index in [9.17, 15) is 0 Å². The van der Waals surface area contributed by atoms with Gasteiger partial charge in [0.05, 0.1) is 0 Å². The first-order chi connectivity index (χ1) is 1.91. The van der Waals surface area contributed by atoms with Gasteiger partial charge in [-0.05, 0) is 0 Å². The van der Waals surface area contributed by atoms with Crippen molar-refractivity contribution >= 4 is 36.0 Å². The Morgan fingerprint density at radius 2 is 2.00 bits per heavy atom. The van der Waals surface area contributed by atoms with Crippen LogP contribution in [0.2, 0.25) is 0 Å². The van der Waals surface area contributed by atoms with E-state index in [2.05, 4.69) is 4.89 Å².